The highest BCUT2D eigenvalue weighted by Gasteiger charge is 2.22. The number of rotatable bonds is 9. The number of halogens is 1. The van der Waals surface area contributed by atoms with Crippen LogP contribution in [0.5, 0.6) is 5.75 Å². The lowest BCUT2D eigenvalue weighted by atomic mass is 10.0. The van der Waals surface area contributed by atoms with E-state index in [0.717, 1.165) is 32.3 Å². The van der Waals surface area contributed by atoms with Crippen molar-refractivity contribution in [2.45, 2.75) is 19.1 Å². The van der Waals surface area contributed by atoms with Gasteiger partial charge in [0.05, 0.1) is 4.88 Å². The van der Waals surface area contributed by atoms with Crippen molar-refractivity contribution >= 4 is 44.9 Å². The molecule has 7 heteroatoms. The highest BCUT2D eigenvalue weighted by molar-refractivity contribution is 7.20. The number of benzene rings is 4. The van der Waals surface area contributed by atoms with Gasteiger partial charge in [-0.2, -0.15) is 0 Å². The fourth-order valence-electron chi connectivity index (χ4n) is 4.09. The Bertz CT molecular complexity index is 1560. The zero-order valence-electron chi connectivity index (χ0n) is 20.3. The Balaban J connectivity index is 1.24. The van der Waals surface area contributed by atoms with E-state index < -0.39 is 17.9 Å². The number of thiophene rings is 1. The predicted octanol–water partition coefficient (Wildman–Crippen LogP) is 7.23. The van der Waals surface area contributed by atoms with E-state index in [1.165, 1.54) is 11.3 Å². The lowest BCUT2D eigenvalue weighted by Crippen LogP contribution is -2.42. The Labute approximate surface area is 229 Å². The van der Waals surface area contributed by atoms with Crippen molar-refractivity contribution in [3.63, 3.8) is 0 Å². The first-order valence-corrected chi connectivity index (χ1v) is 13.2. The minimum atomic E-state index is -1.09. The first-order chi connectivity index (χ1) is 18.4. The summed E-state index contributed by atoms with van der Waals surface area (Å²) in [5, 5.41) is 14.1. The summed E-state index contributed by atoms with van der Waals surface area (Å²) < 4.78 is 6.75. The fraction of sp³-hybridized carbons (Fsp3) is 0.0968. The van der Waals surface area contributed by atoms with Gasteiger partial charge in [0.1, 0.15) is 18.4 Å². The van der Waals surface area contributed by atoms with Gasteiger partial charge in [-0.3, -0.25) is 4.79 Å². The maximum absolute atomic E-state index is 13.0. The van der Waals surface area contributed by atoms with Crippen LogP contribution in [0, 0.1) is 0 Å². The number of carboxylic acids is 1. The predicted molar refractivity (Wildman–Crippen MR) is 152 cm³/mol. The first kappa shape index (κ1) is 25.5. The maximum atomic E-state index is 13.0. The van der Waals surface area contributed by atoms with Gasteiger partial charge in [-0.1, -0.05) is 78.3 Å². The van der Waals surface area contributed by atoms with Crippen molar-refractivity contribution in [3.05, 3.63) is 124 Å². The molecule has 0 spiro atoms. The number of aliphatic carboxylic acids is 1. The summed E-state index contributed by atoms with van der Waals surface area (Å²) in [5.74, 6) is -0.805. The zero-order valence-corrected chi connectivity index (χ0v) is 21.8. The third kappa shape index (κ3) is 6.22. The van der Waals surface area contributed by atoms with Crippen LogP contribution < -0.4 is 10.1 Å². The molecular formula is C31H24ClNO4S. The molecule has 4 aromatic carbocycles. The Morgan fingerprint density at radius 2 is 1.55 bits per heavy atom. The molecule has 1 heterocycles. The fourth-order valence-corrected chi connectivity index (χ4v) is 5.22. The van der Waals surface area contributed by atoms with Crippen LogP contribution in [0.15, 0.2) is 103 Å². The van der Waals surface area contributed by atoms with Crippen molar-refractivity contribution in [1.82, 2.24) is 5.32 Å². The van der Waals surface area contributed by atoms with Crippen LogP contribution in [0.3, 0.4) is 0 Å². The Morgan fingerprint density at radius 3 is 2.26 bits per heavy atom. The van der Waals surface area contributed by atoms with E-state index in [4.69, 9.17) is 16.3 Å². The number of carbonyl (C=O) groups is 2. The van der Waals surface area contributed by atoms with Gasteiger partial charge in [-0.25, -0.2) is 4.79 Å². The average Bonchev–Trinajstić information content (AvgIpc) is 3.37. The molecule has 0 bridgehead atoms. The quantitative estimate of drug-likeness (QED) is 0.206. The molecular weight excluding hydrogens is 518 g/mol. The molecule has 5 rings (SSSR count). The topological polar surface area (TPSA) is 75.6 Å². The van der Waals surface area contributed by atoms with Gasteiger partial charge in [-0.15, -0.1) is 11.3 Å². The summed E-state index contributed by atoms with van der Waals surface area (Å²) in [6.07, 6.45) is 0.158. The molecule has 5 nitrogen and oxygen atoms in total. The van der Waals surface area contributed by atoms with E-state index in [2.05, 4.69) is 5.32 Å². The summed E-state index contributed by atoms with van der Waals surface area (Å²) in [6.45, 7) is 0.449. The number of amides is 1. The number of carboxylic acid groups (broad SMARTS) is 1. The highest BCUT2D eigenvalue weighted by Crippen LogP contribution is 2.31. The normalized spacial score (nSPS) is 11.7. The zero-order chi connectivity index (χ0) is 26.5. The Hall–Kier alpha value is -4.13. The molecule has 0 saturated carbocycles. The number of fused-ring (bicyclic) bond motifs is 1. The largest absolute Gasteiger partial charge is 0.489 e. The van der Waals surface area contributed by atoms with E-state index in [1.807, 2.05) is 97.1 Å². The molecule has 0 radical (unpaired) electrons. The van der Waals surface area contributed by atoms with Crippen LogP contribution in [0.2, 0.25) is 5.02 Å². The van der Waals surface area contributed by atoms with Crippen LogP contribution in [-0.2, 0) is 17.8 Å². The standard InChI is InChI=1S/C31H24ClNO4S/c32-25-12-10-22(11-13-25)23-8-9-24-18-29(38-28(24)17-23)30(34)33-27(31(35)36)16-20-6-14-26(15-7-20)37-19-21-4-2-1-3-5-21/h1-15,17-18,27H,16,19H2,(H,33,34)(H,35,36). The van der Waals surface area contributed by atoms with Gasteiger partial charge in [0, 0.05) is 16.1 Å². The molecule has 2 N–H and O–H groups in total. The summed E-state index contributed by atoms with van der Waals surface area (Å²) in [5.41, 5.74) is 3.89. The van der Waals surface area contributed by atoms with E-state index in [0.29, 0.717) is 22.3 Å². The molecule has 1 atom stereocenters. The first-order valence-electron chi connectivity index (χ1n) is 12.0. The van der Waals surface area contributed by atoms with Gasteiger partial charge >= 0.3 is 5.97 Å². The summed E-state index contributed by atoms with van der Waals surface area (Å²) >= 11 is 7.33. The van der Waals surface area contributed by atoms with Crippen molar-refractivity contribution in [2.24, 2.45) is 0 Å². The van der Waals surface area contributed by atoms with E-state index in [9.17, 15) is 14.7 Å². The van der Waals surface area contributed by atoms with E-state index in [1.54, 1.807) is 6.07 Å². The third-order valence-corrected chi connectivity index (χ3v) is 7.48. The molecule has 0 fully saturated rings. The molecule has 1 amide bonds. The second-order valence-electron chi connectivity index (χ2n) is 8.86. The van der Waals surface area contributed by atoms with Crippen molar-refractivity contribution in [1.29, 1.82) is 0 Å². The van der Waals surface area contributed by atoms with Crippen molar-refractivity contribution in [3.8, 4) is 16.9 Å². The van der Waals surface area contributed by atoms with Crippen molar-refractivity contribution in [2.75, 3.05) is 0 Å². The number of carbonyl (C=O) groups excluding carboxylic acids is 1. The summed E-state index contributed by atoms with van der Waals surface area (Å²) in [6, 6.07) is 31.4. The Kier molecular flexibility index (Phi) is 7.73. The molecule has 1 unspecified atom stereocenters. The average molecular weight is 542 g/mol. The van der Waals surface area contributed by atoms with Gasteiger partial charge in [-0.05, 0) is 64.0 Å². The third-order valence-electron chi connectivity index (χ3n) is 6.14. The number of nitrogens with one attached hydrogen (secondary N) is 1. The van der Waals surface area contributed by atoms with Gasteiger partial charge in [0.15, 0.2) is 0 Å². The van der Waals surface area contributed by atoms with Gasteiger partial charge in [0.2, 0.25) is 0 Å². The molecule has 190 valence electrons. The molecule has 5 aromatic rings. The summed E-state index contributed by atoms with van der Waals surface area (Å²) in [4.78, 5) is 25.4. The van der Waals surface area contributed by atoms with Crippen LogP contribution >= 0.6 is 22.9 Å². The molecule has 0 aliphatic heterocycles. The number of ether oxygens (including phenoxy) is 1. The van der Waals surface area contributed by atoms with Crippen LogP contribution in [0.1, 0.15) is 20.8 Å². The molecule has 1 aromatic heterocycles. The number of hydrogen-bond acceptors (Lipinski definition) is 4. The van der Waals surface area contributed by atoms with Crippen LogP contribution in [-0.4, -0.2) is 23.0 Å². The highest BCUT2D eigenvalue weighted by atomic mass is 35.5. The van der Waals surface area contributed by atoms with E-state index in [-0.39, 0.29) is 6.42 Å². The second-order valence-corrected chi connectivity index (χ2v) is 10.4. The van der Waals surface area contributed by atoms with Crippen LogP contribution in [0.25, 0.3) is 21.2 Å². The minimum Gasteiger partial charge on any atom is -0.489 e. The lowest BCUT2D eigenvalue weighted by Gasteiger charge is -2.14. The second kappa shape index (κ2) is 11.5. The Morgan fingerprint density at radius 1 is 0.842 bits per heavy atom. The van der Waals surface area contributed by atoms with Gasteiger partial charge in [0.25, 0.3) is 5.91 Å². The van der Waals surface area contributed by atoms with E-state index >= 15 is 0 Å². The SMILES string of the molecule is O=C(NC(Cc1ccc(OCc2ccccc2)cc1)C(=O)O)c1cc2ccc(-c3ccc(Cl)cc3)cc2s1. The number of hydrogen-bond donors (Lipinski definition) is 2. The lowest BCUT2D eigenvalue weighted by molar-refractivity contribution is -0.139. The molecule has 0 aliphatic carbocycles. The van der Waals surface area contributed by atoms with Crippen LogP contribution in [0.4, 0.5) is 0 Å². The molecule has 0 aliphatic rings. The van der Waals surface area contributed by atoms with Gasteiger partial charge < -0.3 is 15.2 Å². The molecule has 38 heavy (non-hydrogen) atoms. The monoisotopic (exact) mass is 541 g/mol. The minimum absolute atomic E-state index is 0.158. The summed E-state index contributed by atoms with van der Waals surface area (Å²) in [7, 11) is 0. The maximum Gasteiger partial charge on any atom is 0.326 e. The molecule has 0 saturated heterocycles. The smallest absolute Gasteiger partial charge is 0.326 e. The van der Waals surface area contributed by atoms with Crippen molar-refractivity contribution < 1.29 is 19.4 Å².